The Morgan fingerprint density at radius 3 is 2.47 bits per heavy atom. The largest absolute Gasteiger partial charge is 0.361 e. The van der Waals surface area contributed by atoms with E-state index in [4.69, 9.17) is 0 Å². The number of alkyl halides is 2. The molecule has 86 valence electrons. The Labute approximate surface area is 88.0 Å². The third kappa shape index (κ3) is 2.04. The predicted octanol–water partition coefficient (Wildman–Crippen LogP) is 1.75. The van der Waals surface area contributed by atoms with E-state index in [2.05, 4.69) is 0 Å². The molecule has 0 fully saturated rings. The summed E-state index contributed by atoms with van der Waals surface area (Å²) in [6.45, 7) is 1.15. The molecule has 0 spiro atoms. The molecule has 0 saturated carbocycles. The maximum atomic E-state index is 13.2. The lowest BCUT2D eigenvalue weighted by atomic mass is 10.4. The summed E-state index contributed by atoms with van der Waals surface area (Å²) in [5.41, 5.74) is 0. The smallest absolute Gasteiger partial charge is 0.347 e. The molecule has 0 bridgehead atoms. The molecule has 0 N–H and O–H groups in total. The van der Waals surface area contributed by atoms with Gasteiger partial charge in [-0.1, -0.05) is 13.0 Å². The van der Waals surface area contributed by atoms with Crippen LogP contribution in [0.1, 0.15) is 13.3 Å². The average molecular weight is 237 g/mol. The van der Waals surface area contributed by atoms with Gasteiger partial charge in [0.1, 0.15) is 0 Å². The van der Waals surface area contributed by atoms with Gasteiger partial charge < -0.3 is 4.90 Å². The van der Waals surface area contributed by atoms with Crippen LogP contribution in [0, 0.1) is 0 Å². The molecule has 0 aromatic rings. The number of allylic oxidation sites excluding steroid dienone is 2. The third-order valence-electron chi connectivity index (χ3n) is 2.26. The normalized spacial score (nSPS) is 22.1. The number of rotatable bonds is 3. The van der Waals surface area contributed by atoms with Crippen LogP contribution < -0.4 is 0 Å². The maximum Gasteiger partial charge on any atom is 0.347 e. The van der Waals surface area contributed by atoms with E-state index in [-0.39, 0.29) is 0 Å². The maximum absolute atomic E-state index is 13.2. The van der Waals surface area contributed by atoms with Gasteiger partial charge in [-0.05, 0) is 12.2 Å². The fourth-order valence-electron chi connectivity index (χ4n) is 1.27. The van der Waals surface area contributed by atoms with Gasteiger partial charge in [0.2, 0.25) is 9.84 Å². The molecule has 0 aromatic carbocycles. The molecule has 3 nitrogen and oxygen atoms in total. The van der Waals surface area contributed by atoms with Gasteiger partial charge in [0.05, 0.1) is 0 Å². The number of nitrogens with zero attached hydrogens (tertiary/aromatic N) is 1. The quantitative estimate of drug-likeness (QED) is 0.750. The van der Waals surface area contributed by atoms with Crippen LogP contribution in [0.3, 0.4) is 0 Å². The Balaban J connectivity index is 3.07. The van der Waals surface area contributed by atoms with Crippen molar-refractivity contribution in [3.8, 4) is 0 Å². The molecule has 1 aliphatic rings. The van der Waals surface area contributed by atoms with Crippen molar-refractivity contribution in [3.05, 3.63) is 24.4 Å². The van der Waals surface area contributed by atoms with Crippen LogP contribution in [0.4, 0.5) is 8.78 Å². The van der Waals surface area contributed by atoms with Gasteiger partial charge in [0, 0.05) is 19.7 Å². The lowest BCUT2D eigenvalue weighted by Gasteiger charge is -2.29. The van der Waals surface area contributed by atoms with Crippen LogP contribution in [0.15, 0.2) is 24.4 Å². The van der Waals surface area contributed by atoms with Crippen molar-refractivity contribution >= 4 is 9.84 Å². The Hall–Kier alpha value is -0.910. The van der Waals surface area contributed by atoms with Gasteiger partial charge in [0.15, 0.2) is 5.37 Å². The Morgan fingerprint density at radius 1 is 1.40 bits per heavy atom. The van der Waals surface area contributed by atoms with Crippen LogP contribution in [0.25, 0.3) is 0 Å². The summed E-state index contributed by atoms with van der Waals surface area (Å²) in [6, 6.07) is 0. The first kappa shape index (κ1) is 12.2. The van der Waals surface area contributed by atoms with Crippen molar-refractivity contribution in [2.75, 3.05) is 7.05 Å². The highest BCUT2D eigenvalue weighted by molar-refractivity contribution is 7.93. The van der Waals surface area contributed by atoms with Crippen molar-refractivity contribution in [1.29, 1.82) is 0 Å². The lowest BCUT2D eigenvalue weighted by molar-refractivity contribution is 0.0851. The number of hydrogen-bond acceptors (Lipinski definition) is 3. The molecule has 1 aliphatic heterocycles. The molecule has 0 aliphatic carbocycles. The van der Waals surface area contributed by atoms with E-state index in [1.165, 1.54) is 30.3 Å². The molecule has 1 unspecified atom stereocenters. The number of halogens is 2. The summed E-state index contributed by atoms with van der Waals surface area (Å²) in [4.78, 5) is 1.25. The zero-order valence-electron chi connectivity index (χ0n) is 8.52. The summed E-state index contributed by atoms with van der Waals surface area (Å²) in [5, 5.41) is -4.96. The summed E-state index contributed by atoms with van der Waals surface area (Å²) in [5.74, 6) is 0. The number of hydrogen-bond donors (Lipinski definition) is 0. The van der Waals surface area contributed by atoms with Crippen LogP contribution in [0.5, 0.6) is 0 Å². The van der Waals surface area contributed by atoms with E-state index in [9.17, 15) is 17.2 Å². The van der Waals surface area contributed by atoms with Crippen molar-refractivity contribution in [2.24, 2.45) is 0 Å². The zero-order valence-corrected chi connectivity index (χ0v) is 9.34. The van der Waals surface area contributed by atoms with Gasteiger partial charge in [-0.3, -0.25) is 0 Å². The van der Waals surface area contributed by atoms with Crippen LogP contribution in [-0.4, -0.2) is 31.0 Å². The van der Waals surface area contributed by atoms with E-state index in [1.807, 2.05) is 0 Å². The minimum absolute atomic E-state index is 0.711. The zero-order chi connectivity index (χ0) is 11.7. The van der Waals surface area contributed by atoms with Gasteiger partial charge in [0.25, 0.3) is 0 Å². The Morgan fingerprint density at radius 2 is 2.00 bits per heavy atom. The second-order valence-corrected chi connectivity index (χ2v) is 5.49. The van der Waals surface area contributed by atoms with Crippen LogP contribution in [0.2, 0.25) is 0 Å². The molecule has 15 heavy (non-hydrogen) atoms. The van der Waals surface area contributed by atoms with Gasteiger partial charge in [-0.2, -0.15) is 8.78 Å². The van der Waals surface area contributed by atoms with Crippen LogP contribution >= 0.6 is 0 Å². The molecule has 1 rings (SSSR count). The summed E-state index contributed by atoms with van der Waals surface area (Å²) in [6.07, 6.45) is 5.04. The highest BCUT2D eigenvalue weighted by Gasteiger charge is 2.48. The second-order valence-electron chi connectivity index (χ2n) is 3.32. The second kappa shape index (κ2) is 3.92. The molecule has 1 atom stereocenters. The summed E-state index contributed by atoms with van der Waals surface area (Å²) < 4.78 is 49.6. The summed E-state index contributed by atoms with van der Waals surface area (Å²) >= 11 is 0. The van der Waals surface area contributed by atoms with Gasteiger partial charge >= 0.3 is 5.25 Å². The Bertz CT molecular complexity index is 387. The first-order chi connectivity index (χ1) is 6.83. The molecule has 0 radical (unpaired) electrons. The number of sulfone groups is 1. The molecule has 0 amide bonds. The van der Waals surface area contributed by atoms with Crippen LogP contribution in [-0.2, 0) is 9.84 Å². The minimum atomic E-state index is -4.51. The molecule has 1 heterocycles. The predicted molar refractivity (Wildman–Crippen MR) is 54.0 cm³/mol. The van der Waals surface area contributed by atoms with Gasteiger partial charge in [-0.15, -0.1) is 0 Å². The van der Waals surface area contributed by atoms with Gasteiger partial charge in [-0.25, -0.2) is 8.42 Å². The number of likely N-dealkylation sites (N-methyl/N-ethyl adjacent to an activating group) is 1. The van der Waals surface area contributed by atoms with E-state index < -0.39 is 26.9 Å². The molecule has 6 heteroatoms. The molecular weight excluding hydrogens is 224 g/mol. The first-order valence-corrected chi connectivity index (χ1v) is 6.06. The van der Waals surface area contributed by atoms with Crippen molar-refractivity contribution in [1.82, 2.24) is 4.90 Å². The fourth-order valence-corrected chi connectivity index (χ4v) is 2.83. The van der Waals surface area contributed by atoms with E-state index >= 15 is 0 Å². The lowest BCUT2D eigenvalue weighted by Crippen LogP contribution is -2.43. The van der Waals surface area contributed by atoms with E-state index in [0.717, 1.165) is 6.92 Å². The monoisotopic (exact) mass is 237 g/mol. The van der Waals surface area contributed by atoms with Crippen molar-refractivity contribution in [3.63, 3.8) is 0 Å². The standard InChI is InChI=1S/C9H13F2NO2S/c1-3-9(10,11)15(13,14)8-6-4-5-7-12(8)2/h4-8H,3H2,1-2H3. The van der Waals surface area contributed by atoms with Crippen molar-refractivity contribution in [2.45, 2.75) is 24.0 Å². The van der Waals surface area contributed by atoms with E-state index in [1.54, 1.807) is 6.08 Å². The summed E-state index contributed by atoms with van der Waals surface area (Å²) in [7, 11) is -3.05. The SMILES string of the molecule is CCC(F)(F)S(=O)(=O)C1C=CC=CN1C. The fraction of sp³-hybridized carbons (Fsp3) is 0.556. The van der Waals surface area contributed by atoms with E-state index in [0.29, 0.717) is 0 Å². The topological polar surface area (TPSA) is 37.4 Å². The first-order valence-electron chi connectivity index (χ1n) is 4.51. The Kier molecular flexibility index (Phi) is 3.18. The third-order valence-corrected chi connectivity index (χ3v) is 4.50. The highest BCUT2D eigenvalue weighted by atomic mass is 32.2. The average Bonchev–Trinajstić information content (AvgIpc) is 2.18. The molecule has 0 aromatic heterocycles. The molecular formula is C9H13F2NO2S. The van der Waals surface area contributed by atoms with Crippen molar-refractivity contribution < 1.29 is 17.2 Å². The highest BCUT2D eigenvalue weighted by Crippen LogP contribution is 2.31. The molecule has 0 saturated heterocycles. The minimum Gasteiger partial charge on any atom is -0.361 e.